The average molecular weight is 236 g/mol. The maximum atomic E-state index is 10.0. The highest BCUT2D eigenvalue weighted by Gasteiger charge is 2.25. The third-order valence-electron chi connectivity index (χ3n) is 3.27. The van der Waals surface area contributed by atoms with Crippen molar-refractivity contribution in [3.05, 3.63) is 12.4 Å². The number of aliphatic hydroxyl groups is 1. The third kappa shape index (κ3) is 3.06. The summed E-state index contributed by atoms with van der Waals surface area (Å²) in [4.78, 5) is 10.8. The summed E-state index contributed by atoms with van der Waals surface area (Å²) >= 11 is 0. The molecular formula is C12H20N4O. The Balaban J connectivity index is 2.11. The highest BCUT2D eigenvalue weighted by atomic mass is 16.3. The zero-order valence-electron chi connectivity index (χ0n) is 10.5. The van der Waals surface area contributed by atoms with Gasteiger partial charge in [0.05, 0.1) is 18.0 Å². The van der Waals surface area contributed by atoms with Crippen molar-refractivity contribution in [2.75, 3.05) is 30.4 Å². The quantitative estimate of drug-likeness (QED) is 0.809. The van der Waals surface area contributed by atoms with Gasteiger partial charge in [-0.15, -0.1) is 0 Å². The van der Waals surface area contributed by atoms with E-state index in [4.69, 9.17) is 0 Å². The lowest BCUT2D eigenvalue weighted by molar-refractivity contribution is 0.0481. The second-order valence-electron chi connectivity index (χ2n) is 4.85. The minimum absolute atomic E-state index is 0.539. The van der Waals surface area contributed by atoms with Crippen LogP contribution in [0.25, 0.3) is 0 Å². The summed E-state index contributed by atoms with van der Waals surface area (Å²) in [6, 6.07) is 0. The Morgan fingerprint density at radius 1 is 1.35 bits per heavy atom. The molecular weight excluding hydrogens is 216 g/mol. The van der Waals surface area contributed by atoms with E-state index < -0.39 is 5.60 Å². The fourth-order valence-corrected chi connectivity index (χ4v) is 2.12. The summed E-state index contributed by atoms with van der Waals surface area (Å²) in [5.74, 6) is 1.66. The van der Waals surface area contributed by atoms with Gasteiger partial charge in [0.2, 0.25) is 0 Å². The van der Waals surface area contributed by atoms with E-state index in [0.29, 0.717) is 0 Å². The summed E-state index contributed by atoms with van der Waals surface area (Å²) in [5.41, 5.74) is -0.539. The van der Waals surface area contributed by atoms with Crippen LogP contribution in [0.2, 0.25) is 0 Å². The van der Waals surface area contributed by atoms with Crippen LogP contribution in [0, 0.1) is 0 Å². The molecule has 0 radical (unpaired) electrons. The number of hydrogen-bond donors (Lipinski definition) is 2. The maximum absolute atomic E-state index is 10.0. The van der Waals surface area contributed by atoms with E-state index in [1.807, 2.05) is 14.0 Å². The zero-order chi connectivity index (χ0) is 12.3. The van der Waals surface area contributed by atoms with Gasteiger partial charge in [-0.05, 0) is 26.2 Å². The van der Waals surface area contributed by atoms with Crippen LogP contribution < -0.4 is 10.2 Å². The van der Waals surface area contributed by atoms with Crippen LogP contribution in [0.1, 0.15) is 26.2 Å². The number of anilines is 2. The molecule has 0 spiro atoms. The standard InChI is InChI=1S/C12H20N4O/c1-12(17)4-3-6-16(7-5-12)11-9-14-8-10(13-2)15-11/h8-9,17H,3-7H2,1-2H3,(H,13,15). The van der Waals surface area contributed by atoms with Gasteiger partial charge in [0.15, 0.2) is 0 Å². The number of nitrogens with one attached hydrogen (secondary N) is 1. The number of hydrogen-bond acceptors (Lipinski definition) is 5. The molecule has 1 aromatic rings. The van der Waals surface area contributed by atoms with Crippen molar-refractivity contribution in [2.45, 2.75) is 31.8 Å². The molecule has 1 aliphatic heterocycles. The molecule has 17 heavy (non-hydrogen) atoms. The van der Waals surface area contributed by atoms with Crippen LogP contribution in [-0.2, 0) is 0 Å². The lowest BCUT2D eigenvalue weighted by atomic mass is 9.98. The molecule has 1 saturated heterocycles. The fourth-order valence-electron chi connectivity index (χ4n) is 2.12. The first-order valence-corrected chi connectivity index (χ1v) is 6.08. The average Bonchev–Trinajstić information content (AvgIpc) is 2.50. The van der Waals surface area contributed by atoms with E-state index in [0.717, 1.165) is 44.0 Å². The van der Waals surface area contributed by atoms with Gasteiger partial charge in [0.1, 0.15) is 11.6 Å². The van der Waals surface area contributed by atoms with Gasteiger partial charge in [0, 0.05) is 20.1 Å². The normalized spacial score (nSPS) is 25.5. The molecule has 5 nitrogen and oxygen atoms in total. The highest BCUT2D eigenvalue weighted by Crippen LogP contribution is 2.24. The van der Waals surface area contributed by atoms with E-state index >= 15 is 0 Å². The van der Waals surface area contributed by atoms with Crippen molar-refractivity contribution in [2.24, 2.45) is 0 Å². The van der Waals surface area contributed by atoms with Crippen LogP contribution >= 0.6 is 0 Å². The SMILES string of the molecule is CNc1cncc(N2CCCC(C)(O)CC2)n1. The molecule has 2 N–H and O–H groups in total. The van der Waals surface area contributed by atoms with E-state index in [9.17, 15) is 5.11 Å². The first-order valence-electron chi connectivity index (χ1n) is 6.08. The van der Waals surface area contributed by atoms with Gasteiger partial charge in [-0.2, -0.15) is 0 Å². The van der Waals surface area contributed by atoms with Crippen LogP contribution in [0.15, 0.2) is 12.4 Å². The largest absolute Gasteiger partial charge is 0.390 e. The van der Waals surface area contributed by atoms with Crippen LogP contribution in [0.5, 0.6) is 0 Å². The van der Waals surface area contributed by atoms with Gasteiger partial charge in [-0.25, -0.2) is 4.98 Å². The molecule has 0 bridgehead atoms. The summed E-state index contributed by atoms with van der Waals surface area (Å²) in [6.07, 6.45) is 6.10. The number of rotatable bonds is 2. The van der Waals surface area contributed by atoms with Crippen molar-refractivity contribution >= 4 is 11.6 Å². The first-order chi connectivity index (χ1) is 8.11. The van der Waals surface area contributed by atoms with Crippen LogP contribution in [-0.4, -0.2) is 40.8 Å². The van der Waals surface area contributed by atoms with Crippen molar-refractivity contribution in [3.63, 3.8) is 0 Å². The van der Waals surface area contributed by atoms with E-state index in [1.165, 1.54) is 0 Å². The Kier molecular flexibility index (Phi) is 3.47. The molecule has 2 heterocycles. The van der Waals surface area contributed by atoms with Crippen molar-refractivity contribution in [3.8, 4) is 0 Å². The van der Waals surface area contributed by atoms with Crippen LogP contribution in [0.4, 0.5) is 11.6 Å². The van der Waals surface area contributed by atoms with Crippen molar-refractivity contribution < 1.29 is 5.11 Å². The minimum Gasteiger partial charge on any atom is -0.390 e. The molecule has 1 aliphatic rings. The van der Waals surface area contributed by atoms with E-state index in [2.05, 4.69) is 20.2 Å². The van der Waals surface area contributed by atoms with Crippen molar-refractivity contribution in [1.82, 2.24) is 9.97 Å². The molecule has 1 fully saturated rings. The molecule has 2 rings (SSSR count). The number of nitrogens with zero attached hydrogens (tertiary/aromatic N) is 3. The molecule has 1 atom stereocenters. The molecule has 1 unspecified atom stereocenters. The highest BCUT2D eigenvalue weighted by molar-refractivity contribution is 5.43. The first kappa shape index (κ1) is 12.1. The summed E-state index contributed by atoms with van der Waals surface area (Å²) in [5, 5.41) is 13.0. The van der Waals surface area contributed by atoms with E-state index in [-0.39, 0.29) is 0 Å². The molecule has 0 aromatic carbocycles. The monoisotopic (exact) mass is 236 g/mol. The van der Waals surface area contributed by atoms with Gasteiger partial charge < -0.3 is 15.3 Å². The Hall–Kier alpha value is -1.36. The van der Waals surface area contributed by atoms with Gasteiger partial charge in [0.25, 0.3) is 0 Å². The van der Waals surface area contributed by atoms with Crippen molar-refractivity contribution in [1.29, 1.82) is 0 Å². The van der Waals surface area contributed by atoms with Crippen LogP contribution in [0.3, 0.4) is 0 Å². The Morgan fingerprint density at radius 2 is 2.18 bits per heavy atom. The Labute approximate surface area is 102 Å². The van der Waals surface area contributed by atoms with Gasteiger partial charge in [-0.1, -0.05) is 0 Å². The second kappa shape index (κ2) is 4.87. The Bertz CT molecular complexity index is 381. The Morgan fingerprint density at radius 3 is 2.94 bits per heavy atom. The molecule has 0 saturated carbocycles. The zero-order valence-corrected chi connectivity index (χ0v) is 10.5. The fraction of sp³-hybridized carbons (Fsp3) is 0.667. The molecule has 1 aromatic heterocycles. The lowest BCUT2D eigenvalue weighted by Crippen LogP contribution is -2.28. The smallest absolute Gasteiger partial charge is 0.149 e. The summed E-state index contributed by atoms with van der Waals surface area (Å²) in [6.45, 7) is 3.67. The third-order valence-corrected chi connectivity index (χ3v) is 3.27. The second-order valence-corrected chi connectivity index (χ2v) is 4.85. The molecule has 94 valence electrons. The predicted molar refractivity (Wildman–Crippen MR) is 68.3 cm³/mol. The van der Waals surface area contributed by atoms with Gasteiger partial charge >= 0.3 is 0 Å². The van der Waals surface area contributed by atoms with E-state index in [1.54, 1.807) is 12.4 Å². The predicted octanol–water partition coefficient (Wildman–Crippen LogP) is 1.26. The topological polar surface area (TPSA) is 61.3 Å². The van der Waals surface area contributed by atoms with Gasteiger partial charge in [-0.3, -0.25) is 4.98 Å². The number of aromatic nitrogens is 2. The summed E-state index contributed by atoms with van der Waals surface area (Å²) < 4.78 is 0. The molecule has 5 heteroatoms. The minimum atomic E-state index is -0.539. The molecule has 0 aliphatic carbocycles. The summed E-state index contributed by atoms with van der Waals surface area (Å²) in [7, 11) is 1.83. The lowest BCUT2D eigenvalue weighted by Gasteiger charge is -2.23. The molecule has 0 amide bonds. The maximum Gasteiger partial charge on any atom is 0.149 e.